The highest BCUT2D eigenvalue weighted by Crippen LogP contribution is 2.19. The van der Waals surface area contributed by atoms with Crippen LogP contribution in [0.25, 0.3) is 0 Å². The maximum absolute atomic E-state index is 13.0. The molecular formula is C13H11FN2O2. The van der Waals surface area contributed by atoms with Crippen molar-refractivity contribution in [3.8, 4) is 5.75 Å². The van der Waals surface area contributed by atoms with Crippen molar-refractivity contribution in [2.75, 3.05) is 5.32 Å². The Labute approximate surface area is 103 Å². The fraction of sp³-hybridized carbons (Fsp3) is 0.0769. The minimum atomic E-state index is -0.603. The number of phenols is 1. The molecule has 2 N–H and O–H groups in total. The van der Waals surface area contributed by atoms with Gasteiger partial charge >= 0.3 is 0 Å². The van der Waals surface area contributed by atoms with Crippen LogP contribution in [0.5, 0.6) is 5.75 Å². The van der Waals surface area contributed by atoms with Gasteiger partial charge in [0.1, 0.15) is 17.4 Å². The lowest BCUT2D eigenvalue weighted by Gasteiger charge is -2.08. The third-order valence-corrected chi connectivity index (χ3v) is 2.44. The van der Waals surface area contributed by atoms with Crippen LogP contribution in [-0.2, 0) is 0 Å². The van der Waals surface area contributed by atoms with Gasteiger partial charge in [0.2, 0.25) is 0 Å². The van der Waals surface area contributed by atoms with Crippen LogP contribution < -0.4 is 5.32 Å². The summed E-state index contributed by atoms with van der Waals surface area (Å²) in [4.78, 5) is 15.9. The standard InChI is InChI=1S/C13H11FN2O2/c1-8-3-2-6-15-12(8)16-13(18)10-7-9(14)4-5-11(10)17/h2-7,17H,1H3,(H,15,16,18). The van der Waals surface area contributed by atoms with Gasteiger partial charge < -0.3 is 10.4 Å². The van der Waals surface area contributed by atoms with Crippen molar-refractivity contribution in [2.45, 2.75) is 6.92 Å². The first kappa shape index (κ1) is 12.0. The van der Waals surface area contributed by atoms with E-state index in [0.717, 1.165) is 23.8 Å². The highest BCUT2D eigenvalue weighted by molar-refractivity contribution is 6.05. The van der Waals surface area contributed by atoms with Gasteiger partial charge in [-0.2, -0.15) is 0 Å². The summed E-state index contributed by atoms with van der Waals surface area (Å²) in [6.45, 7) is 1.79. The van der Waals surface area contributed by atoms with E-state index in [0.29, 0.717) is 5.82 Å². The molecule has 0 aliphatic rings. The molecule has 4 nitrogen and oxygen atoms in total. The van der Waals surface area contributed by atoms with Crippen molar-refractivity contribution in [1.29, 1.82) is 0 Å². The smallest absolute Gasteiger partial charge is 0.260 e. The second-order valence-corrected chi connectivity index (χ2v) is 3.78. The summed E-state index contributed by atoms with van der Waals surface area (Å²) < 4.78 is 13.0. The number of phenolic OH excluding ortho intramolecular Hbond substituents is 1. The Morgan fingerprint density at radius 3 is 2.89 bits per heavy atom. The number of carbonyl (C=O) groups is 1. The van der Waals surface area contributed by atoms with E-state index in [1.54, 1.807) is 19.1 Å². The van der Waals surface area contributed by atoms with E-state index in [4.69, 9.17) is 0 Å². The SMILES string of the molecule is Cc1cccnc1NC(=O)c1cc(F)ccc1O. The number of aromatic nitrogens is 1. The molecule has 0 bridgehead atoms. The van der Waals surface area contributed by atoms with Crippen molar-refractivity contribution in [2.24, 2.45) is 0 Å². The minimum Gasteiger partial charge on any atom is -0.507 e. The summed E-state index contributed by atoms with van der Waals surface area (Å²) in [7, 11) is 0. The molecule has 1 aromatic heterocycles. The molecule has 18 heavy (non-hydrogen) atoms. The Hall–Kier alpha value is -2.43. The average molecular weight is 246 g/mol. The van der Waals surface area contributed by atoms with Gasteiger partial charge in [-0.05, 0) is 36.8 Å². The van der Waals surface area contributed by atoms with Crippen LogP contribution >= 0.6 is 0 Å². The lowest BCUT2D eigenvalue weighted by Crippen LogP contribution is -2.14. The Bertz CT molecular complexity index is 599. The highest BCUT2D eigenvalue weighted by atomic mass is 19.1. The highest BCUT2D eigenvalue weighted by Gasteiger charge is 2.13. The zero-order valence-corrected chi connectivity index (χ0v) is 9.64. The fourth-order valence-electron chi connectivity index (χ4n) is 1.48. The number of benzene rings is 1. The van der Waals surface area contributed by atoms with Crippen molar-refractivity contribution in [3.63, 3.8) is 0 Å². The first-order valence-electron chi connectivity index (χ1n) is 5.29. The molecule has 0 aliphatic heterocycles. The minimum absolute atomic E-state index is 0.125. The first-order chi connectivity index (χ1) is 8.58. The Kier molecular flexibility index (Phi) is 3.23. The molecule has 5 heteroatoms. The van der Waals surface area contributed by atoms with Gasteiger partial charge in [-0.15, -0.1) is 0 Å². The summed E-state index contributed by atoms with van der Waals surface area (Å²) in [6.07, 6.45) is 1.54. The molecule has 92 valence electrons. The van der Waals surface area contributed by atoms with Crippen LogP contribution in [0, 0.1) is 12.7 Å². The molecule has 0 saturated heterocycles. The molecule has 2 aromatic rings. The van der Waals surface area contributed by atoms with Crippen LogP contribution in [-0.4, -0.2) is 16.0 Å². The van der Waals surface area contributed by atoms with Crippen molar-refractivity contribution in [1.82, 2.24) is 4.98 Å². The molecule has 0 atom stereocenters. The summed E-state index contributed by atoms with van der Waals surface area (Å²) in [6, 6.07) is 6.72. The molecule has 1 amide bonds. The normalized spacial score (nSPS) is 10.1. The van der Waals surface area contributed by atoms with Crippen LogP contribution in [0.2, 0.25) is 0 Å². The van der Waals surface area contributed by atoms with Gasteiger partial charge in [0, 0.05) is 6.20 Å². The topological polar surface area (TPSA) is 62.2 Å². The second kappa shape index (κ2) is 4.83. The van der Waals surface area contributed by atoms with Crippen LogP contribution in [0.3, 0.4) is 0 Å². The number of pyridine rings is 1. The molecular weight excluding hydrogens is 235 g/mol. The average Bonchev–Trinajstić information content (AvgIpc) is 2.35. The predicted molar refractivity (Wildman–Crippen MR) is 65.0 cm³/mol. The number of nitrogens with zero attached hydrogens (tertiary/aromatic N) is 1. The molecule has 0 aliphatic carbocycles. The predicted octanol–water partition coefficient (Wildman–Crippen LogP) is 2.49. The summed E-state index contributed by atoms with van der Waals surface area (Å²) in [5.74, 6) is -1.09. The number of nitrogens with one attached hydrogen (secondary N) is 1. The van der Waals surface area contributed by atoms with Crippen LogP contribution in [0.1, 0.15) is 15.9 Å². The number of hydrogen-bond donors (Lipinski definition) is 2. The molecule has 0 radical (unpaired) electrons. The summed E-state index contributed by atoms with van der Waals surface area (Å²) in [5, 5.41) is 12.0. The van der Waals surface area contributed by atoms with Crippen molar-refractivity contribution < 1.29 is 14.3 Å². The number of aryl methyl sites for hydroxylation is 1. The van der Waals surface area contributed by atoms with E-state index in [2.05, 4.69) is 10.3 Å². The summed E-state index contributed by atoms with van der Waals surface area (Å²) >= 11 is 0. The van der Waals surface area contributed by atoms with Crippen LogP contribution in [0.4, 0.5) is 10.2 Å². The number of anilines is 1. The van der Waals surface area contributed by atoms with Crippen molar-refractivity contribution in [3.05, 3.63) is 53.5 Å². The van der Waals surface area contributed by atoms with Gasteiger partial charge in [-0.3, -0.25) is 4.79 Å². The Morgan fingerprint density at radius 1 is 1.39 bits per heavy atom. The quantitative estimate of drug-likeness (QED) is 0.855. The molecule has 1 heterocycles. The molecule has 0 saturated carbocycles. The monoisotopic (exact) mass is 246 g/mol. The van der Waals surface area contributed by atoms with E-state index in [9.17, 15) is 14.3 Å². The Morgan fingerprint density at radius 2 is 2.17 bits per heavy atom. The summed E-state index contributed by atoms with van der Waals surface area (Å²) in [5.41, 5.74) is 0.654. The van der Waals surface area contributed by atoms with E-state index in [1.165, 1.54) is 6.20 Å². The lowest BCUT2D eigenvalue weighted by atomic mass is 10.1. The zero-order chi connectivity index (χ0) is 13.1. The number of hydrogen-bond acceptors (Lipinski definition) is 3. The molecule has 1 aromatic carbocycles. The lowest BCUT2D eigenvalue weighted by molar-refractivity contribution is 0.102. The molecule has 2 rings (SSSR count). The maximum atomic E-state index is 13.0. The number of aromatic hydroxyl groups is 1. The van der Waals surface area contributed by atoms with E-state index >= 15 is 0 Å². The van der Waals surface area contributed by atoms with Gasteiger partial charge in [0.05, 0.1) is 5.56 Å². The maximum Gasteiger partial charge on any atom is 0.260 e. The van der Waals surface area contributed by atoms with Gasteiger partial charge in [-0.25, -0.2) is 9.37 Å². The van der Waals surface area contributed by atoms with Crippen molar-refractivity contribution >= 4 is 11.7 Å². The molecule has 0 fully saturated rings. The van der Waals surface area contributed by atoms with E-state index in [1.807, 2.05) is 0 Å². The first-order valence-corrected chi connectivity index (χ1v) is 5.29. The Balaban J connectivity index is 2.28. The van der Waals surface area contributed by atoms with E-state index < -0.39 is 11.7 Å². The number of carbonyl (C=O) groups excluding carboxylic acids is 1. The number of rotatable bonds is 2. The largest absolute Gasteiger partial charge is 0.507 e. The fourth-order valence-corrected chi connectivity index (χ4v) is 1.48. The number of halogens is 1. The molecule has 0 unspecified atom stereocenters. The van der Waals surface area contributed by atoms with Gasteiger partial charge in [-0.1, -0.05) is 6.07 Å². The third-order valence-electron chi connectivity index (χ3n) is 2.44. The second-order valence-electron chi connectivity index (χ2n) is 3.78. The number of amides is 1. The van der Waals surface area contributed by atoms with Gasteiger partial charge in [0.25, 0.3) is 5.91 Å². The van der Waals surface area contributed by atoms with Gasteiger partial charge in [0.15, 0.2) is 0 Å². The van der Waals surface area contributed by atoms with Crippen LogP contribution in [0.15, 0.2) is 36.5 Å². The van der Waals surface area contributed by atoms with E-state index in [-0.39, 0.29) is 11.3 Å². The molecule has 0 spiro atoms. The zero-order valence-electron chi connectivity index (χ0n) is 9.64. The third kappa shape index (κ3) is 2.45.